The van der Waals surface area contributed by atoms with Crippen molar-refractivity contribution in [3.8, 4) is 0 Å². The number of amides is 1. The van der Waals surface area contributed by atoms with Crippen LogP contribution in [0.4, 0.5) is 11.4 Å². The second kappa shape index (κ2) is 7.03. The van der Waals surface area contributed by atoms with Crippen LogP contribution in [0.1, 0.15) is 39.0 Å². The van der Waals surface area contributed by atoms with Gasteiger partial charge in [0.25, 0.3) is 0 Å². The van der Waals surface area contributed by atoms with Gasteiger partial charge in [0.1, 0.15) is 0 Å². The highest BCUT2D eigenvalue weighted by atomic mass is 16.2. The first-order valence-corrected chi connectivity index (χ1v) is 8.61. The molecule has 1 aliphatic carbocycles. The summed E-state index contributed by atoms with van der Waals surface area (Å²) in [5.74, 6) is 0.770. The molecule has 0 radical (unpaired) electrons. The van der Waals surface area contributed by atoms with E-state index >= 15 is 0 Å². The van der Waals surface area contributed by atoms with E-state index in [1.165, 1.54) is 19.3 Å². The van der Waals surface area contributed by atoms with E-state index in [0.29, 0.717) is 18.5 Å². The van der Waals surface area contributed by atoms with Crippen LogP contribution in [0.15, 0.2) is 24.3 Å². The van der Waals surface area contributed by atoms with E-state index in [9.17, 15) is 4.79 Å². The first kappa shape index (κ1) is 15.2. The van der Waals surface area contributed by atoms with Gasteiger partial charge in [0.15, 0.2) is 0 Å². The normalized spacial score (nSPS) is 24.9. The summed E-state index contributed by atoms with van der Waals surface area (Å²) >= 11 is 0. The predicted octanol–water partition coefficient (Wildman–Crippen LogP) is 3.00. The number of hydrogen-bond acceptors (Lipinski definition) is 3. The highest BCUT2D eigenvalue weighted by Gasteiger charge is 2.24. The fourth-order valence-electron chi connectivity index (χ4n) is 3.63. The summed E-state index contributed by atoms with van der Waals surface area (Å²) in [6.45, 7) is 4.61. The lowest BCUT2D eigenvalue weighted by atomic mass is 9.86. The molecular weight excluding hydrogens is 274 g/mol. The van der Waals surface area contributed by atoms with Crippen molar-refractivity contribution in [3.63, 3.8) is 0 Å². The van der Waals surface area contributed by atoms with Gasteiger partial charge in [-0.05, 0) is 37.3 Å². The van der Waals surface area contributed by atoms with E-state index in [4.69, 9.17) is 0 Å². The first-order chi connectivity index (χ1) is 10.7. The molecule has 0 saturated heterocycles. The first-order valence-electron chi connectivity index (χ1n) is 8.61. The third-order valence-corrected chi connectivity index (χ3v) is 4.96. The van der Waals surface area contributed by atoms with Crippen molar-refractivity contribution in [2.45, 2.75) is 45.1 Å². The molecule has 1 aromatic carbocycles. The van der Waals surface area contributed by atoms with Gasteiger partial charge in [-0.2, -0.15) is 0 Å². The molecule has 1 heterocycles. The van der Waals surface area contributed by atoms with Crippen LogP contribution in [-0.4, -0.2) is 31.6 Å². The van der Waals surface area contributed by atoms with Crippen LogP contribution in [0.3, 0.4) is 0 Å². The maximum Gasteiger partial charge on any atom is 0.239 e. The highest BCUT2D eigenvalue weighted by molar-refractivity contribution is 5.84. The minimum absolute atomic E-state index is 0.162. The van der Waals surface area contributed by atoms with Gasteiger partial charge in [-0.15, -0.1) is 0 Å². The van der Waals surface area contributed by atoms with E-state index in [1.54, 1.807) is 0 Å². The SMILES string of the molecule is CC1CCCCC1NC(=O)CN1CCCNc2ccccc21. The van der Waals surface area contributed by atoms with Gasteiger partial charge in [0, 0.05) is 19.1 Å². The topological polar surface area (TPSA) is 44.4 Å². The Kier molecular flexibility index (Phi) is 4.86. The third kappa shape index (κ3) is 3.54. The Morgan fingerprint density at radius 3 is 2.95 bits per heavy atom. The lowest BCUT2D eigenvalue weighted by Gasteiger charge is -2.31. The summed E-state index contributed by atoms with van der Waals surface area (Å²) in [6.07, 6.45) is 5.97. The number of benzene rings is 1. The average molecular weight is 301 g/mol. The molecule has 2 unspecified atom stereocenters. The van der Waals surface area contributed by atoms with Crippen molar-refractivity contribution >= 4 is 17.3 Å². The Labute approximate surface area is 133 Å². The summed E-state index contributed by atoms with van der Waals surface area (Å²) in [7, 11) is 0. The van der Waals surface area contributed by atoms with Gasteiger partial charge >= 0.3 is 0 Å². The van der Waals surface area contributed by atoms with Gasteiger partial charge in [0.05, 0.1) is 17.9 Å². The lowest BCUT2D eigenvalue weighted by Crippen LogP contribution is -2.46. The fraction of sp³-hybridized carbons (Fsp3) is 0.611. The van der Waals surface area contributed by atoms with Crippen molar-refractivity contribution in [2.75, 3.05) is 29.9 Å². The largest absolute Gasteiger partial charge is 0.383 e. The average Bonchev–Trinajstić information content (AvgIpc) is 2.72. The summed E-state index contributed by atoms with van der Waals surface area (Å²) in [4.78, 5) is 14.7. The lowest BCUT2D eigenvalue weighted by molar-refractivity contribution is -0.121. The maximum absolute atomic E-state index is 12.5. The van der Waals surface area contributed by atoms with Crippen LogP contribution >= 0.6 is 0 Å². The number of carbonyl (C=O) groups excluding carboxylic acids is 1. The minimum Gasteiger partial charge on any atom is -0.383 e. The number of rotatable bonds is 3. The number of anilines is 2. The number of nitrogens with one attached hydrogen (secondary N) is 2. The van der Waals surface area contributed by atoms with Gasteiger partial charge in [0.2, 0.25) is 5.91 Å². The van der Waals surface area contributed by atoms with Crippen molar-refractivity contribution in [1.82, 2.24) is 5.32 Å². The van der Waals surface area contributed by atoms with Crippen molar-refractivity contribution < 1.29 is 4.79 Å². The van der Waals surface area contributed by atoms with Crippen LogP contribution in [0.2, 0.25) is 0 Å². The fourth-order valence-corrected chi connectivity index (χ4v) is 3.63. The second-order valence-electron chi connectivity index (χ2n) is 6.65. The Hall–Kier alpha value is -1.71. The van der Waals surface area contributed by atoms with Crippen molar-refractivity contribution in [3.05, 3.63) is 24.3 Å². The van der Waals surface area contributed by atoms with E-state index in [0.717, 1.165) is 37.3 Å². The summed E-state index contributed by atoms with van der Waals surface area (Å²) < 4.78 is 0. The Bertz CT molecular complexity index is 517. The number of fused-ring (bicyclic) bond motifs is 1. The zero-order valence-corrected chi connectivity index (χ0v) is 13.5. The molecule has 2 aliphatic rings. The molecule has 1 aliphatic heterocycles. The molecule has 2 atom stereocenters. The Balaban J connectivity index is 1.63. The Morgan fingerprint density at radius 2 is 2.09 bits per heavy atom. The van der Waals surface area contributed by atoms with Crippen LogP contribution in [0.5, 0.6) is 0 Å². The molecule has 4 heteroatoms. The molecule has 0 aromatic heterocycles. The summed E-state index contributed by atoms with van der Waals surface area (Å²) in [5, 5.41) is 6.71. The zero-order chi connectivity index (χ0) is 15.4. The van der Waals surface area contributed by atoms with Crippen LogP contribution in [-0.2, 0) is 4.79 Å². The molecule has 120 valence electrons. The van der Waals surface area contributed by atoms with E-state index < -0.39 is 0 Å². The van der Waals surface area contributed by atoms with Gasteiger partial charge < -0.3 is 15.5 Å². The minimum atomic E-state index is 0.162. The summed E-state index contributed by atoms with van der Waals surface area (Å²) in [5.41, 5.74) is 2.28. The number of hydrogen-bond donors (Lipinski definition) is 2. The predicted molar refractivity (Wildman–Crippen MR) is 91.3 cm³/mol. The van der Waals surface area contributed by atoms with Crippen LogP contribution in [0.25, 0.3) is 0 Å². The molecule has 1 aromatic rings. The standard InChI is InChI=1S/C18H27N3O/c1-14-7-2-3-8-15(14)20-18(22)13-21-12-6-11-19-16-9-4-5-10-17(16)21/h4-5,9-10,14-15,19H,2-3,6-8,11-13H2,1H3,(H,20,22). The monoisotopic (exact) mass is 301 g/mol. The van der Waals surface area contributed by atoms with Gasteiger partial charge in [-0.3, -0.25) is 4.79 Å². The molecule has 3 rings (SSSR count). The van der Waals surface area contributed by atoms with Crippen molar-refractivity contribution in [2.24, 2.45) is 5.92 Å². The van der Waals surface area contributed by atoms with E-state index in [2.05, 4.69) is 34.6 Å². The smallest absolute Gasteiger partial charge is 0.239 e. The van der Waals surface area contributed by atoms with E-state index in [-0.39, 0.29) is 5.91 Å². The molecule has 1 amide bonds. The van der Waals surface area contributed by atoms with Crippen LogP contribution < -0.4 is 15.5 Å². The molecular formula is C18H27N3O. The molecule has 1 saturated carbocycles. The molecule has 1 fully saturated rings. The molecule has 0 spiro atoms. The van der Waals surface area contributed by atoms with Crippen LogP contribution in [0, 0.1) is 5.92 Å². The Morgan fingerprint density at radius 1 is 1.27 bits per heavy atom. The third-order valence-electron chi connectivity index (χ3n) is 4.96. The zero-order valence-electron chi connectivity index (χ0n) is 13.5. The molecule has 2 N–H and O–H groups in total. The van der Waals surface area contributed by atoms with Gasteiger partial charge in [-0.1, -0.05) is 31.9 Å². The molecule has 22 heavy (non-hydrogen) atoms. The number of para-hydroxylation sites is 2. The number of nitrogens with zero attached hydrogens (tertiary/aromatic N) is 1. The quantitative estimate of drug-likeness (QED) is 0.902. The van der Waals surface area contributed by atoms with Gasteiger partial charge in [-0.25, -0.2) is 0 Å². The molecule has 4 nitrogen and oxygen atoms in total. The highest BCUT2D eigenvalue weighted by Crippen LogP contribution is 2.28. The number of carbonyl (C=O) groups is 1. The molecule has 0 bridgehead atoms. The maximum atomic E-state index is 12.5. The van der Waals surface area contributed by atoms with Crippen molar-refractivity contribution in [1.29, 1.82) is 0 Å². The second-order valence-corrected chi connectivity index (χ2v) is 6.65. The van der Waals surface area contributed by atoms with E-state index in [1.807, 2.05) is 12.1 Å². The summed E-state index contributed by atoms with van der Waals surface area (Å²) in [6, 6.07) is 8.64.